The van der Waals surface area contributed by atoms with E-state index in [0.717, 1.165) is 39.1 Å². The minimum Gasteiger partial charge on any atom is -0.475 e. The largest absolute Gasteiger partial charge is 0.490 e. The van der Waals surface area contributed by atoms with Crippen LogP contribution >= 0.6 is 0 Å². The molecule has 2 aliphatic heterocycles. The van der Waals surface area contributed by atoms with Crippen LogP contribution in [0.25, 0.3) is 0 Å². The molecule has 1 amide bonds. The minimum atomic E-state index is -5.08. The van der Waals surface area contributed by atoms with E-state index >= 15 is 0 Å². The highest BCUT2D eigenvalue weighted by atomic mass is 19.4. The number of aromatic nitrogens is 1. The van der Waals surface area contributed by atoms with Crippen LogP contribution in [-0.4, -0.2) is 83.4 Å². The van der Waals surface area contributed by atoms with Crippen molar-refractivity contribution in [2.45, 2.75) is 51.4 Å². The van der Waals surface area contributed by atoms with Gasteiger partial charge in [0.1, 0.15) is 6.26 Å². The Morgan fingerprint density at radius 1 is 1.37 bits per heavy atom. The van der Waals surface area contributed by atoms with Gasteiger partial charge in [-0.2, -0.15) is 13.2 Å². The number of carboxylic acid groups (broad SMARTS) is 1. The predicted molar refractivity (Wildman–Crippen MR) is 99.9 cm³/mol. The van der Waals surface area contributed by atoms with Crippen LogP contribution in [0, 0.1) is 5.41 Å². The van der Waals surface area contributed by atoms with E-state index in [1.807, 2.05) is 4.90 Å². The summed E-state index contributed by atoms with van der Waals surface area (Å²) in [6, 6.07) is 1.03. The fourth-order valence-corrected chi connectivity index (χ4v) is 4.18. The SMILES string of the molecule is COCC1CC2(CCN(C(=O)c3cocn3)CC2)CN1C(C)C.O=C(O)C(F)(F)F. The van der Waals surface area contributed by atoms with Crippen LogP contribution < -0.4 is 0 Å². The van der Waals surface area contributed by atoms with Gasteiger partial charge in [-0.05, 0) is 38.5 Å². The van der Waals surface area contributed by atoms with E-state index in [1.165, 1.54) is 19.1 Å². The fourth-order valence-electron chi connectivity index (χ4n) is 4.18. The number of nitrogens with zero attached hydrogens (tertiary/aromatic N) is 3. The first kappa shape index (κ1) is 24.1. The quantitative estimate of drug-likeness (QED) is 0.777. The van der Waals surface area contributed by atoms with Gasteiger partial charge in [-0.1, -0.05) is 0 Å². The first-order chi connectivity index (χ1) is 14.0. The van der Waals surface area contributed by atoms with Gasteiger partial charge in [0.05, 0.1) is 6.61 Å². The summed E-state index contributed by atoms with van der Waals surface area (Å²) in [5.74, 6) is -2.77. The molecule has 0 bridgehead atoms. The number of ether oxygens (including phenoxy) is 1. The number of hydrogen-bond donors (Lipinski definition) is 1. The molecule has 1 atom stereocenters. The van der Waals surface area contributed by atoms with Gasteiger partial charge in [0.2, 0.25) is 0 Å². The number of alkyl halides is 3. The lowest BCUT2D eigenvalue weighted by atomic mass is 9.76. The van der Waals surface area contributed by atoms with Crippen molar-refractivity contribution in [2.75, 3.05) is 33.4 Å². The topological polar surface area (TPSA) is 96.1 Å². The second-order valence-corrected chi connectivity index (χ2v) is 8.05. The highest BCUT2D eigenvalue weighted by Gasteiger charge is 2.46. The van der Waals surface area contributed by atoms with E-state index < -0.39 is 12.1 Å². The van der Waals surface area contributed by atoms with Gasteiger partial charge in [0, 0.05) is 38.8 Å². The van der Waals surface area contributed by atoms with Gasteiger partial charge < -0.3 is 19.2 Å². The fraction of sp³-hybridized carbons (Fsp3) is 0.737. The number of aliphatic carboxylic acids is 1. The Labute approximate surface area is 173 Å². The number of oxazole rings is 1. The second kappa shape index (κ2) is 9.78. The Hall–Kier alpha value is -2.14. The van der Waals surface area contributed by atoms with Crippen LogP contribution in [0.5, 0.6) is 0 Å². The van der Waals surface area contributed by atoms with E-state index in [-0.39, 0.29) is 5.91 Å². The molecule has 0 saturated carbocycles. The van der Waals surface area contributed by atoms with E-state index in [4.69, 9.17) is 19.1 Å². The second-order valence-electron chi connectivity index (χ2n) is 8.05. The molecule has 2 saturated heterocycles. The van der Waals surface area contributed by atoms with Crippen molar-refractivity contribution < 1.29 is 37.0 Å². The van der Waals surface area contributed by atoms with Crippen LogP contribution in [0.15, 0.2) is 17.1 Å². The molecule has 2 aliphatic rings. The van der Waals surface area contributed by atoms with Crippen molar-refractivity contribution in [3.63, 3.8) is 0 Å². The molecule has 1 aromatic heterocycles. The Morgan fingerprint density at radius 2 is 1.97 bits per heavy atom. The standard InChI is InChI=1S/C17H27N3O3.C2HF3O2/c1-13(2)20-11-17(8-14(20)9-22-3)4-6-19(7-5-17)16(21)15-10-23-12-18-15;3-2(4,5)1(6)7/h10,12-14H,4-9,11H2,1-3H3;(H,6,7). The number of halogens is 3. The molecule has 0 aromatic carbocycles. The maximum Gasteiger partial charge on any atom is 0.490 e. The number of likely N-dealkylation sites (tertiary alicyclic amines) is 2. The van der Waals surface area contributed by atoms with Crippen LogP contribution in [0.4, 0.5) is 13.2 Å². The Bertz CT molecular complexity index is 701. The number of carbonyl (C=O) groups is 2. The Kier molecular flexibility index (Phi) is 7.87. The summed E-state index contributed by atoms with van der Waals surface area (Å²) < 4.78 is 42.1. The third-order valence-corrected chi connectivity index (χ3v) is 5.68. The predicted octanol–water partition coefficient (Wildman–Crippen LogP) is 2.66. The van der Waals surface area contributed by atoms with Crippen molar-refractivity contribution >= 4 is 11.9 Å². The number of carboxylic acids is 1. The molecule has 11 heteroatoms. The van der Waals surface area contributed by atoms with Gasteiger partial charge in [-0.3, -0.25) is 9.69 Å². The number of methoxy groups -OCH3 is 1. The number of amides is 1. The Morgan fingerprint density at radius 3 is 2.40 bits per heavy atom. The van der Waals surface area contributed by atoms with Crippen molar-refractivity contribution in [1.29, 1.82) is 0 Å². The van der Waals surface area contributed by atoms with E-state index in [2.05, 4.69) is 23.7 Å². The monoisotopic (exact) mass is 435 g/mol. The number of piperidine rings is 1. The molecule has 1 N–H and O–H groups in total. The Balaban J connectivity index is 0.000000396. The van der Waals surface area contributed by atoms with E-state index in [0.29, 0.717) is 23.2 Å². The zero-order valence-corrected chi connectivity index (χ0v) is 17.3. The third kappa shape index (κ3) is 5.94. The van der Waals surface area contributed by atoms with E-state index in [9.17, 15) is 18.0 Å². The maximum atomic E-state index is 12.4. The first-order valence-corrected chi connectivity index (χ1v) is 9.71. The zero-order chi connectivity index (χ0) is 22.5. The highest BCUT2D eigenvalue weighted by Crippen LogP contribution is 2.44. The molecule has 1 unspecified atom stereocenters. The molecule has 3 heterocycles. The smallest absolute Gasteiger partial charge is 0.475 e. The molecule has 30 heavy (non-hydrogen) atoms. The summed E-state index contributed by atoms with van der Waals surface area (Å²) in [4.78, 5) is 29.7. The van der Waals surface area contributed by atoms with Crippen LogP contribution in [0.1, 0.15) is 43.6 Å². The lowest BCUT2D eigenvalue weighted by molar-refractivity contribution is -0.192. The molecular formula is C19H28F3N3O5. The van der Waals surface area contributed by atoms with Crippen molar-refractivity contribution in [2.24, 2.45) is 5.41 Å². The van der Waals surface area contributed by atoms with Crippen molar-refractivity contribution in [3.05, 3.63) is 18.4 Å². The van der Waals surface area contributed by atoms with Crippen molar-refractivity contribution in [1.82, 2.24) is 14.8 Å². The van der Waals surface area contributed by atoms with E-state index in [1.54, 1.807) is 7.11 Å². The summed E-state index contributed by atoms with van der Waals surface area (Å²) in [7, 11) is 1.78. The lowest BCUT2D eigenvalue weighted by Crippen LogP contribution is -2.45. The van der Waals surface area contributed by atoms with Gasteiger partial charge in [-0.25, -0.2) is 9.78 Å². The highest BCUT2D eigenvalue weighted by molar-refractivity contribution is 5.91. The average Bonchev–Trinajstić information content (AvgIpc) is 3.31. The van der Waals surface area contributed by atoms with Gasteiger partial charge in [0.15, 0.2) is 12.1 Å². The van der Waals surface area contributed by atoms with Crippen molar-refractivity contribution in [3.8, 4) is 0 Å². The number of hydrogen-bond acceptors (Lipinski definition) is 6. The van der Waals surface area contributed by atoms with Gasteiger partial charge in [0.25, 0.3) is 5.91 Å². The zero-order valence-electron chi connectivity index (χ0n) is 17.3. The van der Waals surface area contributed by atoms with Crippen LogP contribution in [-0.2, 0) is 9.53 Å². The minimum absolute atomic E-state index is 0.0132. The molecule has 1 aromatic rings. The first-order valence-electron chi connectivity index (χ1n) is 9.71. The number of carbonyl (C=O) groups excluding carboxylic acids is 1. The molecule has 3 rings (SSSR count). The summed E-state index contributed by atoms with van der Waals surface area (Å²) >= 11 is 0. The van der Waals surface area contributed by atoms with Gasteiger partial charge in [-0.15, -0.1) is 0 Å². The maximum absolute atomic E-state index is 12.4. The van der Waals surface area contributed by atoms with Crippen LogP contribution in [0.3, 0.4) is 0 Å². The molecular weight excluding hydrogens is 407 g/mol. The molecule has 170 valence electrons. The molecule has 8 nitrogen and oxygen atoms in total. The summed E-state index contributed by atoms with van der Waals surface area (Å²) in [6.45, 7) is 8.02. The van der Waals surface area contributed by atoms with Gasteiger partial charge >= 0.3 is 12.1 Å². The average molecular weight is 435 g/mol. The molecule has 0 radical (unpaired) electrons. The normalized spacial score (nSPS) is 21.6. The molecule has 2 fully saturated rings. The number of rotatable bonds is 4. The molecule has 0 aliphatic carbocycles. The summed E-state index contributed by atoms with van der Waals surface area (Å²) in [5.41, 5.74) is 0.738. The summed E-state index contributed by atoms with van der Waals surface area (Å²) in [6.07, 6.45) is 0.938. The van der Waals surface area contributed by atoms with Crippen LogP contribution in [0.2, 0.25) is 0 Å². The summed E-state index contributed by atoms with van der Waals surface area (Å²) in [5, 5.41) is 7.12. The molecule has 1 spiro atoms. The third-order valence-electron chi connectivity index (χ3n) is 5.68. The lowest BCUT2D eigenvalue weighted by Gasteiger charge is -2.39.